The Balaban J connectivity index is 2.76. The largest absolute Gasteiger partial charge is 0.398 e. The number of alkyl halides is 1. The second-order valence-electron chi connectivity index (χ2n) is 3.10. The molecule has 0 aliphatic heterocycles. The molecular weight excluding hydrogens is 202 g/mol. The van der Waals surface area contributed by atoms with Crippen molar-refractivity contribution >= 4 is 38.7 Å². The van der Waals surface area contributed by atoms with Crippen LogP contribution in [0.4, 0.5) is 5.69 Å². The Morgan fingerprint density at radius 2 is 2.23 bits per heavy atom. The molecule has 1 aromatic carbocycles. The van der Waals surface area contributed by atoms with Crippen molar-refractivity contribution in [1.29, 1.82) is 0 Å². The van der Waals surface area contributed by atoms with Gasteiger partial charge in [-0.25, -0.2) is 0 Å². The maximum atomic E-state index is 5.81. The van der Waals surface area contributed by atoms with E-state index in [1.54, 1.807) is 11.3 Å². The standard InChI is InChI=1S/C10H10ClNS/c1-6-2-8-9(12)5-13-10(8)3-7(6)4-11/h2-3,5H,4,12H2,1H3. The predicted octanol–water partition coefficient (Wildman–Crippen LogP) is 3.53. The van der Waals surface area contributed by atoms with Crippen LogP contribution in [0.1, 0.15) is 11.1 Å². The molecule has 1 aromatic heterocycles. The van der Waals surface area contributed by atoms with Gasteiger partial charge >= 0.3 is 0 Å². The lowest BCUT2D eigenvalue weighted by molar-refractivity contribution is 1.32. The Kier molecular flexibility index (Phi) is 2.18. The molecule has 2 N–H and O–H groups in total. The van der Waals surface area contributed by atoms with E-state index in [4.69, 9.17) is 17.3 Å². The molecule has 0 aliphatic rings. The topological polar surface area (TPSA) is 26.0 Å². The first-order chi connectivity index (χ1) is 6.22. The highest BCUT2D eigenvalue weighted by atomic mass is 35.5. The molecule has 0 aliphatic carbocycles. The SMILES string of the molecule is Cc1cc2c(N)csc2cc1CCl. The van der Waals surface area contributed by atoms with Crippen LogP contribution < -0.4 is 5.73 Å². The van der Waals surface area contributed by atoms with Gasteiger partial charge in [-0.3, -0.25) is 0 Å². The number of thiophene rings is 1. The molecule has 0 unspecified atom stereocenters. The summed E-state index contributed by atoms with van der Waals surface area (Å²) in [4.78, 5) is 0. The van der Waals surface area contributed by atoms with E-state index in [9.17, 15) is 0 Å². The lowest BCUT2D eigenvalue weighted by Crippen LogP contribution is -1.85. The maximum absolute atomic E-state index is 5.81. The van der Waals surface area contributed by atoms with Crippen molar-refractivity contribution in [2.24, 2.45) is 0 Å². The Hall–Kier alpha value is -0.730. The number of halogens is 1. The van der Waals surface area contributed by atoms with Gasteiger partial charge < -0.3 is 5.73 Å². The minimum atomic E-state index is 0.569. The van der Waals surface area contributed by atoms with Crippen LogP contribution in [0, 0.1) is 6.92 Å². The van der Waals surface area contributed by atoms with E-state index in [0.29, 0.717) is 5.88 Å². The molecule has 0 bridgehead atoms. The molecule has 0 radical (unpaired) electrons. The molecule has 1 nitrogen and oxygen atoms in total. The quantitative estimate of drug-likeness (QED) is 0.718. The van der Waals surface area contributed by atoms with Gasteiger partial charge in [0.15, 0.2) is 0 Å². The van der Waals surface area contributed by atoms with Crippen LogP contribution in [0.2, 0.25) is 0 Å². The van der Waals surface area contributed by atoms with Gasteiger partial charge in [0.25, 0.3) is 0 Å². The molecule has 13 heavy (non-hydrogen) atoms. The molecule has 2 rings (SSSR count). The van der Waals surface area contributed by atoms with E-state index in [1.165, 1.54) is 15.8 Å². The summed E-state index contributed by atoms with van der Waals surface area (Å²) < 4.78 is 1.22. The molecule has 0 saturated heterocycles. The number of rotatable bonds is 1. The smallest absolute Gasteiger partial charge is 0.0502 e. The van der Waals surface area contributed by atoms with Crippen molar-refractivity contribution in [2.45, 2.75) is 12.8 Å². The van der Waals surface area contributed by atoms with Gasteiger partial charge in [-0.05, 0) is 30.2 Å². The van der Waals surface area contributed by atoms with Crippen molar-refractivity contribution in [1.82, 2.24) is 0 Å². The van der Waals surface area contributed by atoms with Crippen LogP contribution in [-0.4, -0.2) is 0 Å². The lowest BCUT2D eigenvalue weighted by Gasteiger charge is -2.01. The minimum Gasteiger partial charge on any atom is -0.398 e. The van der Waals surface area contributed by atoms with E-state index in [2.05, 4.69) is 19.1 Å². The van der Waals surface area contributed by atoms with Gasteiger partial charge in [0.05, 0.1) is 5.69 Å². The van der Waals surface area contributed by atoms with Crippen LogP contribution in [-0.2, 0) is 5.88 Å². The molecule has 0 atom stereocenters. The summed E-state index contributed by atoms with van der Waals surface area (Å²) in [6.07, 6.45) is 0. The molecule has 68 valence electrons. The molecular formula is C10H10ClNS. The molecule has 0 amide bonds. The average Bonchev–Trinajstić information content (AvgIpc) is 2.47. The van der Waals surface area contributed by atoms with Crippen molar-refractivity contribution < 1.29 is 0 Å². The van der Waals surface area contributed by atoms with Gasteiger partial charge in [0.2, 0.25) is 0 Å². The normalized spacial score (nSPS) is 10.9. The number of hydrogen-bond donors (Lipinski definition) is 1. The first-order valence-electron chi connectivity index (χ1n) is 4.04. The zero-order valence-electron chi connectivity index (χ0n) is 7.30. The van der Waals surface area contributed by atoms with Crippen LogP contribution >= 0.6 is 22.9 Å². The number of nitrogen functional groups attached to an aromatic ring is 1. The fraction of sp³-hybridized carbons (Fsp3) is 0.200. The zero-order chi connectivity index (χ0) is 9.42. The second kappa shape index (κ2) is 3.20. The Morgan fingerprint density at radius 3 is 2.92 bits per heavy atom. The highest BCUT2D eigenvalue weighted by Crippen LogP contribution is 2.30. The fourth-order valence-corrected chi connectivity index (χ4v) is 2.57. The highest BCUT2D eigenvalue weighted by molar-refractivity contribution is 7.17. The van der Waals surface area contributed by atoms with Crippen molar-refractivity contribution in [3.63, 3.8) is 0 Å². The van der Waals surface area contributed by atoms with Gasteiger partial charge in [0, 0.05) is 21.3 Å². The molecule has 0 saturated carbocycles. The Labute approximate surface area is 86.1 Å². The molecule has 3 heteroatoms. The fourth-order valence-electron chi connectivity index (χ4n) is 1.39. The van der Waals surface area contributed by atoms with Gasteiger partial charge in [-0.1, -0.05) is 0 Å². The van der Waals surface area contributed by atoms with E-state index in [1.807, 2.05) is 5.38 Å². The number of benzene rings is 1. The summed E-state index contributed by atoms with van der Waals surface area (Å²) in [5.74, 6) is 0.569. The van der Waals surface area contributed by atoms with Gasteiger partial charge in [-0.2, -0.15) is 0 Å². The second-order valence-corrected chi connectivity index (χ2v) is 4.28. The lowest BCUT2D eigenvalue weighted by atomic mass is 10.1. The number of aryl methyl sites for hydroxylation is 1. The van der Waals surface area contributed by atoms with Gasteiger partial charge in [0.1, 0.15) is 0 Å². The predicted molar refractivity (Wildman–Crippen MR) is 60.5 cm³/mol. The van der Waals surface area contributed by atoms with E-state index in [-0.39, 0.29) is 0 Å². The molecule has 2 aromatic rings. The van der Waals surface area contributed by atoms with Crippen molar-refractivity contribution in [2.75, 3.05) is 5.73 Å². The first-order valence-corrected chi connectivity index (χ1v) is 5.46. The molecule has 1 heterocycles. The maximum Gasteiger partial charge on any atom is 0.0502 e. The third-order valence-electron chi connectivity index (χ3n) is 2.21. The monoisotopic (exact) mass is 211 g/mol. The van der Waals surface area contributed by atoms with Gasteiger partial charge in [-0.15, -0.1) is 22.9 Å². The van der Waals surface area contributed by atoms with Crippen LogP contribution in [0.3, 0.4) is 0 Å². The minimum absolute atomic E-state index is 0.569. The summed E-state index contributed by atoms with van der Waals surface area (Å²) in [6.45, 7) is 2.06. The third-order valence-corrected chi connectivity index (χ3v) is 3.46. The summed E-state index contributed by atoms with van der Waals surface area (Å²) in [5.41, 5.74) is 9.09. The van der Waals surface area contributed by atoms with Crippen LogP contribution in [0.15, 0.2) is 17.5 Å². The number of hydrogen-bond acceptors (Lipinski definition) is 2. The Bertz CT molecular complexity index is 447. The Morgan fingerprint density at radius 1 is 1.46 bits per heavy atom. The molecule has 0 spiro atoms. The summed E-state index contributed by atoms with van der Waals surface area (Å²) in [7, 11) is 0. The molecule has 0 fully saturated rings. The van der Waals surface area contributed by atoms with Crippen molar-refractivity contribution in [3.8, 4) is 0 Å². The first kappa shape index (κ1) is 8.85. The number of fused-ring (bicyclic) bond motifs is 1. The highest BCUT2D eigenvalue weighted by Gasteiger charge is 2.04. The zero-order valence-corrected chi connectivity index (χ0v) is 8.88. The third kappa shape index (κ3) is 1.40. The van der Waals surface area contributed by atoms with Crippen molar-refractivity contribution in [3.05, 3.63) is 28.6 Å². The van der Waals surface area contributed by atoms with E-state index < -0.39 is 0 Å². The average molecular weight is 212 g/mol. The number of nitrogens with two attached hydrogens (primary N) is 1. The summed E-state index contributed by atoms with van der Waals surface area (Å²) in [6, 6.07) is 4.23. The number of anilines is 1. The summed E-state index contributed by atoms with van der Waals surface area (Å²) >= 11 is 7.48. The van der Waals surface area contributed by atoms with Crippen LogP contribution in [0.5, 0.6) is 0 Å². The van der Waals surface area contributed by atoms with E-state index in [0.717, 1.165) is 11.1 Å². The summed E-state index contributed by atoms with van der Waals surface area (Å²) in [5, 5.41) is 3.12. The van der Waals surface area contributed by atoms with Crippen LogP contribution in [0.25, 0.3) is 10.1 Å². The van der Waals surface area contributed by atoms with E-state index >= 15 is 0 Å².